The summed E-state index contributed by atoms with van der Waals surface area (Å²) in [6, 6.07) is 0. The first-order valence-corrected chi connectivity index (χ1v) is 6.19. The molecule has 4 heteroatoms. The zero-order valence-electron chi connectivity index (χ0n) is 10.3. The van der Waals surface area contributed by atoms with Crippen LogP contribution in [0.3, 0.4) is 0 Å². The quantitative estimate of drug-likeness (QED) is 0.303. The predicted molar refractivity (Wildman–Crippen MR) is 64.7 cm³/mol. The summed E-state index contributed by atoms with van der Waals surface area (Å²) in [6.07, 6.45) is 11.5. The first-order chi connectivity index (χ1) is 7.77. The molecule has 0 atom stereocenters. The average Bonchev–Trinajstić information content (AvgIpc) is 2.29. The Kier molecular flexibility index (Phi) is 18.7. The molecule has 0 unspecified atom stereocenters. The van der Waals surface area contributed by atoms with E-state index in [1.165, 1.54) is 44.9 Å². The van der Waals surface area contributed by atoms with E-state index in [2.05, 4.69) is 6.92 Å². The molecule has 0 fully saturated rings. The van der Waals surface area contributed by atoms with Gasteiger partial charge in [0.05, 0.1) is 0 Å². The number of hydrogen-bond donors (Lipinski definition) is 3. The van der Waals surface area contributed by atoms with Crippen molar-refractivity contribution >= 4 is 5.97 Å². The molecule has 0 aliphatic carbocycles. The Balaban J connectivity index is 0. The van der Waals surface area contributed by atoms with Gasteiger partial charge in [0.1, 0.15) is 0 Å². The summed E-state index contributed by atoms with van der Waals surface area (Å²) in [5, 5.41) is 20.4. The molecular weight excluding hydrogens is 208 g/mol. The lowest BCUT2D eigenvalue weighted by molar-refractivity contribution is -0.176. The lowest BCUT2D eigenvalue weighted by atomic mass is 10.1. The van der Waals surface area contributed by atoms with E-state index in [0.717, 1.165) is 12.8 Å². The maximum absolute atomic E-state index is 10.2. The van der Waals surface area contributed by atoms with Crippen LogP contribution >= 0.6 is 0 Å². The van der Waals surface area contributed by atoms with Gasteiger partial charge in [-0.05, 0) is 6.42 Å². The molecule has 0 amide bonds. The van der Waals surface area contributed by atoms with E-state index in [-0.39, 0.29) is 0 Å². The minimum Gasteiger partial charge on any atom is -0.481 e. The van der Waals surface area contributed by atoms with Gasteiger partial charge < -0.3 is 5.11 Å². The van der Waals surface area contributed by atoms with Crippen molar-refractivity contribution < 1.29 is 20.4 Å². The van der Waals surface area contributed by atoms with E-state index in [1.54, 1.807) is 0 Å². The molecule has 0 aliphatic heterocycles. The third-order valence-electron chi connectivity index (χ3n) is 2.49. The van der Waals surface area contributed by atoms with Crippen LogP contribution in [0, 0.1) is 0 Å². The minimum atomic E-state index is -0.659. The second-order valence-corrected chi connectivity index (χ2v) is 3.97. The van der Waals surface area contributed by atoms with Crippen LogP contribution < -0.4 is 0 Å². The average molecular weight is 234 g/mol. The summed E-state index contributed by atoms with van der Waals surface area (Å²) in [6.45, 7) is 2.23. The highest BCUT2D eigenvalue weighted by Crippen LogP contribution is 2.10. The second-order valence-electron chi connectivity index (χ2n) is 3.97. The second kappa shape index (κ2) is 16.8. The van der Waals surface area contributed by atoms with Crippen molar-refractivity contribution in [2.45, 2.75) is 71.1 Å². The molecule has 0 aromatic carbocycles. The van der Waals surface area contributed by atoms with Crippen molar-refractivity contribution in [2.75, 3.05) is 0 Å². The first-order valence-electron chi connectivity index (χ1n) is 6.19. The number of carboxylic acids is 1. The Morgan fingerprint density at radius 1 is 0.812 bits per heavy atom. The third kappa shape index (κ3) is 19.0. The molecule has 98 valence electrons. The molecule has 4 nitrogen and oxygen atoms in total. The predicted octanol–water partition coefficient (Wildman–Crippen LogP) is 4.01. The van der Waals surface area contributed by atoms with E-state index < -0.39 is 5.97 Å². The van der Waals surface area contributed by atoms with Crippen molar-refractivity contribution in [1.82, 2.24) is 0 Å². The van der Waals surface area contributed by atoms with Crippen molar-refractivity contribution in [2.24, 2.45) is 0 Å². The van der Waals surface area contributed by atoms with Gasteiger partial charge in [0.15, 0.2) is 0 Å². The number of carboxylic acid groups (broad SMARTS) is 1. The van der Waals surface area contributed by atoms with E-state index in [9.17, 15) is 4.79 Å². The van der Waals surface area contributed by atoms with Gasteiger partial charge in [0, 0.05) is 6.42 Å². The molecule has 0 aromatic heterocycles. The molecule has 0 aromatic rings. The molecule has 3 N–H and O–H groups in total. The van der Waals surface area contributed by atoms with E-state index in [1.807, 2.05) is 0 Å². The molecule has 0 bridgehead atoms. The number of unbranched alkanes of at least 4 members (excludes halogenated alkanes) is 8. The Labute approximate surface area is 98.2 Å². The van der Waals surface area contributed by atoms with Crippen molar-refractivity contribution in [3.8, 4) is 0 Å². The van der Waals surface area contributed by atoms with Crippen LogP contribution in [0.1, 0.15) is 71.1 Å². The van der Waals surface area contributed by atoms with E-state index in [0.29, 0.717) is 6.42 Å². The molecule has 0 rings (SSSR count). The summed E-state index contributed by atoms with van der Waals surface area (Å²) in [4.78, 5) is 10.2. The summed E-state index contributed by atoms with van der Waals surface area (Å²) in [7, 11) is 0. The smallest absolute Gasteiger partial charge is 0.303 e. The monoisotopic (exact) mass is 234 g/mol. The van der Waals surface area contributed by atoms with Gasteiger partial charge in [-0.3, -0.25) is 15.3 Å². The normalized spacial score (nSPS) is 9.44. The van der Waals surface area contributed by atoms with Gasteiger partial charge in [-0.25, -0.2) is 0 Å². The van der Waals surface area contributed by atoms with Crippen LogP contribution in [0.5, 0.6) is 0 Å². The fourth-order valence-electron chi connectivity index (χ4n) is 1.59. The lowest BCUT2D eigenvalue weighted by Gasteiger charge is -2.00. The highest BCUT2D eigenvalue weighted by atomic mass is 17.0. The molecule has 16 heavy (non-hydrogen) atoms. The Hall–Kier alpha value is -0.610. The standard InChI is InChI=1S/C12H24O2.H2O2/c1-2-3-4-5-6-7-8-9-10-11-12(13)14;1-2/h2-11H2,1H3,(H,13,14);1-2H. The van der Waals surface area contributed by atoms with Gasteiger partial charge in [-0.2, -0.15) is 0 Å². The van der Waals surface area contributed by atoms with E-state index in [4.69, 9.17) is 15.6 Å². The minimum absolute atomic E-state index is 0.343. The van der Waals surface area contributed by atoms with Crippen LogP contribution in [-0.2, 0) is 4.79 Å². The van der Waals surface area contributed by atoms with Gasteiger partial charge >= 0.3 is 5.97 Å². The van der Waals surface area contributed by atoms with Crippen LogP contribution in [0.2, 0.25) is 0 Å². The molecule has 0 spiro atoms. The van der Waals surface area contributed by atoms with Crippen LogP contribution in [0.15, 0.2) is 0 Å². The Morgan fingerprint density at radius 3 is 1.56 bits per heavy atom. The number of carbonyl (C=O) groups is 1. The molecule has 0 radical (unpaired) electrons. The Morgan fingerprint density at radius 2 is 1.19 bits per heavy atom. The number of hydrogen-bond acceptors (Lipinski definition) is 3. The lowest BCUT2D eigenvalue weighted by Crippen LogP contribution is -1.93. The van der Waals surface area contributed by atoms with Crippen molar-refractivity contribution in [3.05, 3.63) is 0 Å². The van der Waals surface area contributed by atoms with Crippen LogP contribution in [0.25, 0.3) is 0 Å². The maximum atomic E-state index is 10.2. The van der Waals surface area contributed by atoms with E-state index >= 15 is 0 Å². The molecule has 0 saturated carbocycles. The first kappa shape index (κ1) is 17.8. The number of rotatable bonds is 10. The fourth-order valence-corrected chi connectivity index (χ4v) is 1.59. The van der Waals surface area contributed by atoms with Gasteiger partial charge in [-0.1, -0.05) is 58.3 Å². The summed E-state index contributed by atoms with van der Waals surface area (Å²) >= 11 is 0. The molecular formula is C12H26O4. The number of aliphatic carboxylic acids is 1. The van der Waals surface area contributed by atoms with Gasteiger partial charge in [0.25, 0.3) is 0 Å². The van der Waals surface area contributed by atoms with Gasteiger partial charge in [0.2, 0.25) is 0 Å². The third-order valence-corrected chi connectivity index (χ3v) is 2.49. The summed E-state index contributed by atoms with van der Waals surface area (Å²) in [5.41, 5.74) is 0. The SMILES string of the molecule is CCCCCCCCCCCC(=O)O.OO. The summed E-state index contributed by atoms with van der Waals surface area (Å²) < 4.78 is 0. The van der Waals surface area contributed by atoms with Crippen molar-refractivity contribution in [1.29, 1.82) is 0 Å². The highest BCUT2D eigenvalue weighted by Gasteiger charge is 1.96. The Bertz CT molecular complexity index is 137. The zero-order valence-corrected chi connectivity index (χ0v) is 10.3. The van der Waals surface area contributed by atoms with Gasteiger partial charge in [-0.15, -0.1) is 0 Å². The topological polar surface area (TPSA) is 77.8 Å². The van der Waals surface area contributed by atoms with Crippen LogP contribution in [-0.4, -0.2) is 21.6 Å². The molecule has 0 heterocycles. The van der Waals surface area contributed by atoms with Crippen LogP contribution in [0.4, 0.5) is 0 Å². The summed E-state index contributed by atoms with van der Waals surface area (Å²) in [5.74, 6) is -0.659. The zero-order chi connectivity index (χ0) is 12.6. The highest BCUT2D eigenvalue weighted by molar-refractivity contribution is 5.66. The molecule has 0 saturated heterocycles. The van der Waals surface area contributed by atoms with Crippen molar-refractivity contribution in [3.63, 3.8) is 0 Å². The molecule has 0 aliphatic rings. The fraction of sp³-hybridized carbons (Fsp3) is 0.917. The largest absolute Gasteiger partial charge is 0.481 e. The maximum Gasteiger partial charge on any atom is 0.303 e.